The molecule has 0 spiro atoms. The van der Waals surface area contributed by atoms with Crippen LogP contribution >= 0.6 is 0 Å². The Hall–Kier alpha value is -1.62. The van der Waals surface area contributed by atoms with Gasteiger partial charge in [0.25, 0.3) is 0 Å². The Kier molecular flexibility index (Phi) is 5.49. The zero-order chi connectivity index (χ0) is 16.1. The largest absolute Gasteiger partial charge is 0.357 e. The van der Waals surface area contributed by atoms with Crippen molar-refractivity contribution < 1.29 is 0 Å². The lowest BCUT2D eigenvalue weighted by Gasteiger charge is -2.33. The highest BCUT2D eigenvalue weighted by Gasteiger charge is 2.31. The fraction of sp³-hybridized carbons (Fsp3) is 0.667. The van der Waals surface area contributed by atoms with Gasteiger partial charge in [-0.25, -0.2) is 4.99 Å². The summed E-state index contributed by atoms with van der Waals surface area (Å²) in [6, 6.07) is 5.49. The van der Waals surface area contributed by atoms with E-state index >= 15 is 0 Å². The summed E-state index contributed by atoms with van der Waals surface area (Å²) < 4.78 is 0. The van der Waals surface area contributed by atoms with Crippen molar-refractivity contribution in [2.75, 3.05) is 19.6 Å². The topological polar surface area (TPSA) is 52.6 Å². The summed E-state index contributed by atoms with van der Waals surface area (Å²) in [4.78, 5) is 11.8. The van der Waals surface area contributed by atoms with Crippen molar-refractivity contribution in [1.82, 2.24) is 20.5 Å². The molecular weight excluding hydrogens is 286 g/mol. The molecule has 0 bridgehead atoms. The van der Waals surface area contributed by atoms with Gasteiger partial charge in [-0.2, -0.15) is 0 Å². The Morgan fingerprint density at radius 2 is 2.09 bits per heavy atom. The number of pyridine rings is 1. The zero-order valence-electron chi connectivity index (χ0n) is 14.4. The van der Waals surface area contributed by atoms with Gasteiger partial charge < -0.3 is 15.5 Å². The maximum atomic E-state index is 4.72. The summed E-state index contributed by atoms with van der Waals surface area (Å²) >= 11 is 0. The molecule has 2 aliphatic rings. The Morgan fingerprint density at radius 1 is 1.30 bits per heavy atom. The lowest BCUT2D eigenvalue weighted by Crippen LogP contribution is -2.49. The van der Waals surface area contributed by atoms with Gasteiger partial charge in [0.15, 0.2) is 5.96 Å². The number of aryl methyl sites for hydroxylation is 1. The van der Waals surface area contributed by atoms with Crippen LogP contribution < -0.4 is 10.6 Å². The summed E-state index contributed by atoms with van der Waals surface area (Å²) in [7, 11) is 0. The molecule has 1 saturated carbocycles. The van der Waals surface area contributed by atoms with Crippen LogP contribution in [0.1, 0.15) is 43.9 Å². The normalized spacial score (nSPS) is 20.5. The van der Waals surface area contributed by atoms with Gasteiger partial charge in [0.2, 0.25) is 0 Å². The van der Waals surface area contributed by atoms with Gasteiger partial charge in [-0.05, 0) is 51.2 Å². The second-order valence-corrected chi connectivity index (χ2v) is 6.65. The van der Waals surface area contributed by atoms with Crippen LogP contribution in [0, 0.1) is 6.92 Å². The third-order valence-corrected chi connectivity index (χ3v) is 4.78. The average Bonchev–Trinajstić information content (AvgIpc) is 3.40. The monoisotopic (exact) mass is 315 g/mol. The number of piperidine rings is 1. The molecule has 0 unspecified atom stereocenters. The molecule has 2 heterocycles. The number of likely N-dealkylation sites (tertiary alicyclic amines) is 1. The molecule has 1 saturated heterocycles. The van der Waals surface area contributed by atoms with E-state index in [1.807, 2.05) is 12.3 Å². The third kappa shape index (κ3) is 4.67. The first kappa shape index (κ1) is 16.2. The van der Waals surface area contributed by atoms with Crippen LogP contribution in [0.25, 0.3) is 0 Å². The van der Waals surface area contributed by atoms with Crippen LogP contribution in [0.15, 0.2) is 23.3 Å². The van der Waals surface area contributed by atoms with Crippen LogP contribution in [0.3, 0.4) is 0 Å². The van der Waals surface area contributed by atoms with Gasteiger partial charge in [0.05, 0.1) is 12.2 Å². The third-order valence-electron chi connectivity index (χ3n) is 4.78. The molecule has 2 N–H and O–H groups in total. The number of aromatic nitrogens is 1. The van der Waals surface area contributed by atoms with Crippen LogP contribution in [0.5, 0.6) is 0 Å². The molecule has 126 valence electrons. The van der Waals surface area contributed by atoms with Crippen molar-refractivity contribution in [2.24, 2.45) is 4.99 Å². The van der Waals surface area contributed by atoms with Gasteiger partial charge in [-0.15, -0.1) is 0 Å². The molecule has 1 aromatic rings. The molecule has 3 rings (SSSR count). The summed E-state index contributed by atoms with van der Waals surface area (Å²) in [5.74, 6) is 0.919. The van der Waals surface area contributed by atoms with Crippen LogP contribution in [-0.4, -0.2) is 47.6 Å². The Balaban J connectivity index is 1.53. The minimum Gasteiger partial charge on any atom is -0.357 e. The molecule has 5 nitrogen and oxygen atoms in total. The first-order valence-corrected chi connectivity index (χ1v) is 8.95. The molecule has 0 aromatic carbocycles. The molecule has 1 aliphatic heterocycles. The molecule has 1 aromatic heterocycles. The molecule has 0 radical (unpaired) electrons. The maximum absolute atomic E-state index is 4.72. The minimum absolute atomic E-state index is 0.535. The lowest BCUT2D eigenvalue weighted by atomic mass is 10.1. The standard InChI is InChI=1S/C18H29N5/c1-3-19-18(21-13-17-14(2)5-4-10-20-17)22-15-8-11-23(12-9-15)16-6-7-16/h4-5,10,15-16H,3,6-9,11-13H2,1-2H3,(H2,19,21,22). The second-order valence-electron chi connectivity index (χ2n) is 6.65. The van der Waals surface area contributed by atoms with E-state index in [4.69, 9.17) is 4.99 Å². The molecule has 1 aliphatic carbocycles. The van der Waals surface area contributed by atoms with Gasteiger partial charge in [0, 0.05) is 37.9 Å². The number of nitrogens with zero attached hydrogens (tertiary/aromatic N) is 3. The van der Waals surface area contributed by atoms with Gasteiger partial charge in [-0.3, -0.25) is 4.98 Å². The predicted octanol–water partition coefficient (Wildman–Crippen LogP) is 2.07. The number of aliphatic imine (C=N–C) groups is 1. The summed E-state index contributed by atoms with van der Waals surface area (Å²) in [5.41, 5.74) is 2.25. The summed E-state index contributed by atoms with van der Waals surface area (Å²) in [6.45, 7) is 8.16. The number of guanidine groups is 1. The highest BCUT2D eigenvalue weighted by molar-refractivity contribution is 5.80. The molecular formula is C18H29N5. The molecule has 5 heteroatoms. The van der Waals surface area contributed by atoms with Crippen LogP contribution in [-0.2, 0) is 6.54 Å². The quantitative estimate of drug-likeness (QED) is 0.645. The van der Waals surface area contributed by atoms with Crippen molar-refractivity contribution in [3.63, 3.8) is 0 Å². The van der Waals surface area contributed by atoms with Crippen LogP contribution in [0.2, 0.25) is 0 Å². The van der Waals surface area contributed by atoms with E-state index in [0.29, 0.717) is 12.6 Å². The number of hydrogen-bond acceptors (Lipinski definition) is 3. The van der Waals surface area contributed by atoms with Crippen molar-refractivity contribution in [2.45, 2.75) is 58.2 Å². The summed E-state index contributed by atoms with van der Waals surface area (Å²) in [5, 5.41) is 6.97. The fourth-order valence-corrected chi connectivity index (χ4v) is 3.20. The maximum Gasteiger partial charge on any atom is 0.191 e. The highest BCUT2D eigenvalue weighted by atomic mass is 15.2. The van der Waals surface area contributed by atoms with E-state index in [-0.39, 0.29) is 0 Å². The number of hydrogen-bond donors (Lipinski definition) is 2. The Bertz CT molecular complexity index is 530. The minimum atomic E-state index is 0.535. The number of rotatable bonds is 5. The first-order valence-electron chi connectivity index (χ1n) is 8.95. The van der Waals surface area contributed by atoms with Crippen molar-refractivity contribution in [1.29, 1.82) is 0 Å². The van der Waals surface area contributed by atoms with Gasteiger partial charge in [-0.1, -0.05) is 6.07 Å². The average molecular weight is 315 g/mol. The van der Waals surface area contributed by atoms with Crippen molar-refractivity contribution >= 4 is 5.96 Å². The van der Waals surface area contributed by atoms with E-state index < -0.39 is 0 Å². The van der Waals surface area contributed by atoms with E-state index in [9.17, 15) is 0 Å². The van der Waals surface area contributed by atoms with E-state index in [2.05, 4.69) is 40.4 Å². The summed E-state index contributed by atoms with van der Waals surface area (Å²) in [6.07, 6.45) is 7.08. The molecule has 0 amide bonds. The smallest absolute Gasteiger partial charge is 0.191 e. The Morgan fingerprint density at radius 3 is 2.74 bits per heavy atom. The first-order chi connectivity index (χ1) is 11.3. The molecule has 0 atom stereocenters. The van der Waals surface area contributed by atoms with E-state index in [1.54, 1.807) is 0 Å². The Labute approximate surface area is 139 Å². The zero-order valence-corrected chi connectivity index (χ0v) is 14.4. The lowest BCUT2D eigenvalue weighted by molar-refractivity contribution is 0.197. The second kappa shape index (κ2) is 7.77. The number of nitrogens with one attached hydrogen (secondary N) is 2. The van der Waals surface area contributed by atoms with Crippen LogP contribution in [0.4, 0.5) is 0 Å². The van der Waals surface area contributed by atoms with Crippen molar-refractivity contribution in [3.05, 3.63) is 29.6 Å². The fourth-order valence-electron chi connectivity index (χ4n) is 3.20. The van der Waals surface area contributed by atoms with E-state index in [0.717, 1.165) is 24.2 Å². The molecule has 2 fully saturated rings. The van der Waals surface area contributed by atoms with Gasteiger partial charge >= 0.3 is 0 Å². The van der Waals surface area contributed by atoms with Crippen molar-refractivity contribution in [3.8, 4) is 0 Å². The van der Waals surface area contributed by atoms with Gasteiger partial charge in [0.1, 0.15) is 0 Å². The SMILES string of the molecule is CCNC(=NCc1ncccc1C)NC1CCN(C2CC2)CC1. The molecule has 23 heavy (non-hydrogen) atoms. The predicted molar refractivity (Wildman–Crippen MR) is 94.5 cm³/mol. The highest BCUT2D eigenvalue weighted by Crippen LogP contribution is 2.29. The van der Waals surface area contributed by atoms with E-state index in [1.165, 1.54) is 44.3 Å².